The number of para-hydroxylation sites is 1. The molecule has 24 heavy (non-hydrogen) atoms. The summed E-state index contributed by atoms with van der Waals surface area (Å²) in [5, 5.41) is 0. The van der Waals surface area contributed by atoms with Gasteiger partial charge in [-0.1, -0.05) is 6.07 Å². The molecule has 134 valence electrons. The van der Waals surface area contributed by atoms with Crippen LogP contribution in [0.15, 0.2) is 23.1 Å². The molecule has 1 fully saturated rings. The van der Waals surface area contributed by atoms with Crippen molar-refractivity contribution in [1.82, 2.24) is 9.44 Å². The van der Waals surface area contributed by atoms with Gasteiger partial charge in [-0.25, -0.2) is 26.3 Å². The second-order valence-electron chi connectivity index (χ2n) is 5.63. The van der Waals surface area contributed by atoms with E-state index in [-0.39, 0.29) is 24.6 Å². The zero-order valence-corrected chi connectivity index (χ0v) is 14.0. The standard InChI is InChI=1S/C12H14F2N2O6S2/c1-23(17,18)15-7-5-8(6-7)16-24(19,20)10-4-2-3-9-11(10)22-12(13,14)21-9/h2-4,7-8,15-16H,5-6H2,1H3. The summed E-state index contributed by atoms with van der Waals surface area (Å²) in [6.07, 6.45) is -2.39. The normalized spacial score (nSPS) is 25.3. The number of benzene rings is 1. The van der Waals surface area contributed by atoms with Gasteiger partial charge in [0.25, 0.3) is 0 Å². The molecule has 0 atom stereocenters. The fourth-order valence-electron chi connectivity index (χ4n) is 2.55. The molecule has 0 saturated heterocycles. The van der Waals surface area contributed by atoms with Crippen molar-refractivity contribution in [2.75, 3.05) is 6.26 Å². The number of ether oxygens (including phenoxy) is 2. The number of hydrogen-bond acceptors (Lipinski definition) is 6. The molecule has 0 unspecified atom stereocenters. The van der Waals surface area contributed by atoms with Gasteiger partial charge in [0.2, 0.25) is 20.0 Å². The van der Waals surface area contributed by atoms with Crippen LogP contribution in [0.4, 0.5) is 8.78 Å². The third kappa shape index (κ3) is 3.61. The van der Waals surface area contributed by atoms with E-state index in [4.69, 9.17) is 0 Å². The second-order valence-corrected chi connectivity index (χ2v) is 9.09. The summed E-state index contributed by atoms with van der Waals surface area (Å²) in [6.45, 7) is 0. The average Bonchev–Trinajstić information content (AvgIpc) is 2.67. The molecular weight excluding hydrogens is 370 g/mol. The fraction of sp³-hybridized carbons (Fsp3) is 0.500. The van der Waals surface area contributed by atoms with Gasteiger partial charge in [-0.3, -0.25) is 0 Å². The van der Waals surface area contributed by atoms with Gasteiger partial charge in [0, 0.05) is 12.1 Å². The minimum atomic E-state index is -4.13. The largest absolute Gasteiger partial charge is 0.586 e. The molecule has 0 bridgehead atoms. The fourth-order valence-corrected chi connectivity index (χ4v) is 4.75. The van der Waals surface area contributed by atoms with Gasteiger partial charge in [-0.2, -0.15) is 0 Å². The van der Waals surface area contributed by atoms with Crippen molar-refractivity contribution in [3.05, 3.63) is 18.2 Å². The Morgan fingerprint density at radius 3 is 2.33 bits per heavy atom. The van der Waals surface area contributed by atoms with E-state index in [1.54, 1.807) is 0 Å². The lowest BCUT2D eigenvalue weighted by Gasteiger charge is -2.35. The van der Waals surface area contributed by atoms with E-state index >= 15 is 0 Å². The number of fused-ring (bicyclic) bond motifs is 1. The van der Waals surface area contributed by atoms with Crippen molar-refractivity contribution < 1.29 is 35.1 Å². The third-order valence-electron chi connectivity index (χ3n) is 3.52. The van der Waals surface area contributed by atoms with E-state index < -0.39 is 43.0 Å². The summed E-state index contributed by atoms with van der Waals surface area (Å²) in [4.78, 5) is -0.461. The molecule has 1 aromatic rings. The Kier molecular flexibility index (Phi) is 3.98. The number of hydrogen-bond donors (Lipinski definition) is 2. The molecule has 8 nitrogen and oxygen atoms in total. The van der Waals surface area contributed by atoms with Crippen molar-refractivity contribution in [2.24, 2.45) is 0 Å². The Hall–Kier alpha value is -1.50. The predicted molar refractivity (Wildman–Crippen MR) is 77.8 cm³/mol. The summed E-state index contributed by atoms with van der Waals surface area (Å²) >= 11 is 0. The number of nitrogens with one attached hydrogen (secondary N) is 2. The van der Waals surface area contributed by atoms with E-state index in [1.807, 2.05) is 0 Å². The lowest BCUT2D eigenvalue weighted by atomic mass is 9.89. The Labute approximate surface area is 137 Å². The van der Waals surface area contributed by atoms with E-state index in [0.717, 1.165) is 12.3 Å². The van der Waals surface area contributed by atoms with Crippen molar-refractivity contribution in [3.63, 3.8) is 0 Å². The Morgan fingerprint density at radius 2 is 1.71 bits per heavy atom. The molecule has 0 amide bonds. The van der Waals surface area contributed by atoms with Crippen molar-refractivity contribution in [3.8, 4) is 11.5 Å². The lowest BCUT2D eigenvalue weighted by molar-refractivity contribution is -0.287. The van der Waals surface area contributed by atoms with Crippen LogP contribution in [0.2, 0.25) is 0 Å². The van der Waals surface area contributed by atoms with Crippen LogP contribution in [0.25, 0.3) is 0 Å². The number of sulfonamides is 2. The molecule has 0 radical (unpaired) electrons. The first-order valence-corrected chi connectivity index (χ1v) is 10.2. The van der Waals surface area contributed by atoms with Crippen LogP contribution in [-0.2, 0) is 20.0 Å². The van der Waals surface area contributed by atoms with Crippen molar-refractivity contribution in [2.45, 2.75) is 36.1 Å². The van der Waals surface area contributed by atoms with Gasteiger partial charge >= 0.3 is 6.29 Å². The van der Waals surface area contributed by atoms with Crippen LogP contribution in [-0.4, -0.2) is 41.5 Å². The monoisotopic (exact) mass is 384 g/mol. The maximum absolute atomic E-state index is 13.1. The highest BCUT2D eigenvalue weighted by atomic mass is 32.2. The number of rotatable bonds is 5. The zero-order valence-electron chi connectivity index (χ0n) is 12.3. The van der Waals surface area contributed by atoms with Gasteiger partial charge in [-0.15, -0.1) is 8.78 Å². The summed E-state index contributed by atoms with van der Waals surface area (Å²) in [5.41, 5.74) is 0. The highest BCUT2D eigenvalue weighted by Crippen LogP contribution is 2.45. The van der Waals surface area contributed by atoms with Gasteiger partial charge in [0.15, 0.2) is 11.5 Å². The van der Waals surface area contributed by atoms with E-state index in [0.29, 0.717) is 0 Å². The van der Waals surface area contributed by atoms with Crippen LogP contribution in [0.3, 0.4) is 0 Å². The van der Waals surface area contributed by atoms with Gasteiger partial charge in [0.05, 0.1) is 6.26 Å². The van der Waals surface area contributed by atoms with Gasteiger partial charge < -0.3 is 9.47 Å². The topological polar surface area (TPSA) is 111 Å². The van der Waals surface area contributed by atoms with Crippen LogP contribution in [0, 0.1) is 0 Å². The summed E-state index contributed by atoms with van der Waals surface area (Å²) in [7, 11) is -7.50. The first-order valence-electron chi connectivity index (χ1n) is 6.84. The summed E-state index contributed by atoms with van der Waals surface area (Å²) in [5.74, 6) is -0.923. The molecule has 1 aliphatic carbocycles. The van der Waals surface area contributed by atoms with Crippen molar-refractivity contribution in [1.29, 1.82) is 0 Å². The average molecular weight is 384 g/mol. The lowest BCUT2D eigenvalue weighted by Crippen LogP contribution is -2.53. The quantitative estimate of drug-likeness (QED) is 0.759. The molecule has 1 aromatic carbocycles. The van der Waals surface area contributed by atoms with Crippen LogP contribution >= 0.6 is 0 Å². The molecule has 2 N–H and O–H groups in total. The highest BCUT2D eigenvalue weighted by Gasteiger charge is 2.46. The second kappa shape index (κ2) is 5.51. The van der Waals surface area contributed by atoms with Crippen LogP contribution in [0.5, 0.6) is 11.5 Å². The summed E-state index contributed by atoms with van der Waals surface area (Å²) < 4.78 is 86.3. The Bertz CT molecular complexity index is 866. The highest BCUT2D eigenvalue weighted by molar-refractivity contribution is 7.89. The molecule has 0 spiro atoms. The molecule has 1 aliphatic heterocycles. The molecule has 12 heteroatoms. The molecule has 0 aromatic heterocycles. The molecular formula is C12H14F2N2O6S2. The SMILES string of the molecule is CS(=O)(=O)NC1CC(NS(=O)(=O)c2cccc3c2OC(F)(F)O3)C1. The van der Waals surface area contributed by atoms with E-state index in [9.17, 15) is 25.6 Å². The molecule has 2 aliphatic rings. The first kappa shape index (κ1) is 17.3. The first-order chi connectivity index (χ1) is 11.0. The van der Waals surface area contributed by atoms with Gasteiger partial charge in [-0.05, 0) is 25.0 Å². The van der Waals surface area contributed by atoms with E-state index in [2.05, 4.69) is 18.9 Å². The number of halogens is 2. The maximum atomic E-state index is 13.1. The minimum absolute atomic E-state index is 0.259. The molecule has 3 rings (SSSR count). The van der Waals surface area contributed by atoms with Crippen LogP contribution in [0.1, 0.15) is 12.8 Å². The van der Waals surface area contributed by atoms with E-state index in [1.165, 1.54) is 12.1 Å². The zero-order chi connectivity index (χ0) is 17.8. The molecule has 1 heterocycles. The van der Waals surface area contributed by atoms with Gasteiger partial charge in [0.1, 0.15) is 4.90 Å². The molecule has 1 saturated carbocycles. The van der Waals surface area contributed by atoms with Crippen molar-refractivity contribution >= 4 is 20.0 Å². The predicted octanol–water partition coefficient (Wildman–Crippen LogP) is 0.367. The summed E-state index contributed by atoms with van der Waals surface area (Å²) in [6, 6.07) is 2.68. The maximum Gasteiger partial charge on any atom is 0.586 e. The minimum Gasteiger partial charge on any atom is -0.395 e. The number of alkyl halides is 2. The third-order valence-corrected chi connectivity index (χ3v) is 5.83. The Morgan fingerprint density at radius 1 is 1.08 bits per heavy atom. The Balaban J connectivity index is 1.72. The smallest absolute Gasteiger partial charge is 0.395 e. The van der Waals surface area contributed by atoms with Crippen LogP contribution < -0.4 is 18.9 Å².